The van der Waals surface area contributed by atoms with Gasteiger partial charge in [0, 0.05) is 5.56 Å². The van der Waals surface area contributed by atoms with Crippen LogP contribution >= 0.6 is 11.3 Å². The summed E-state index contributed by atoms with van der Waals surface area (Å²) in [7, 11) is 0. The molecule has 1 heterocycles. The molecule has 3 amide bonds. The summed E-state index contributed by atoms with van der Waals surface area (Å²) in [6.45, 7) is 3.42. The van der Waals surface area contributed by atoms with E-state index >= 15 is 0 Å². The largest absolute Gasteiger partial charge is 0.445 e. The van der Waals surface area contributed by atoms with Gasteiger partial charge in [0.15, 0.2) is 0 Å². The Morgan fingerprint density at radius 2 is 1.74 bits per heavy atom. The molecule has 0 saturated heterocycles. The molecule has 0 radical (unpaired) electrons. The normalized spacial score (nSPS) is 11.2. The van der Waals surface area contributed by atoms with E-state index in [1.807, 2.05) is 10.6 Å². The van der Waals surface area contributed by atoms with Crippen LogP contribution in [0.15, 0.2) is 18.2 Å². The fourth-order valence-electron chi connectivity index (χ4n) is 1.85. The standard InChI is InChI=1S/C13H11F3N4O2S/c1-6-4-3-5-7(2)8(6)9(21)17-11(22)18-12-20-19-10(23-12)13(14,15)16/h3-5H,1-2H3,(H2,17,18,20,21,22). The highest BCUT2D eigenvalue weighted by molar-refractivity contribution is 7.15. The monoisotopic (exact) mass is 344 g/mol. The van der Waals surface area contributed by atoms with Crippen molar-refractivity contribution in [3.05, 3.63) is 39.9 Å². The summed E-state index contributed by atoms with van der Waals surface area (Å²) in [5.41, 5.74) is 1.67. The number of alkyl halides is 3. The molecule has 0 unspecified atom stereocenters. The summed E-state index contributed by atoms with van der Waals surface area (Å²) in [6.07, 6.45) is -4.64. The highest BCUT2D eigenvalue weighted by Crippen LogP contribution is 2.32. The van der Waals surface area contributed by atoms with E-state index in [1.165, 1.54) is 0 Å². The third-order valence-electron chi connectivity index (χ3n) is 2.82. The van der Waals surface area contributed by atoms with Gasteiger partial charge in [0.05, 0.1) is 0 Å². The van der Waals surface area contributed by atoms with Crippen molar-refractivity contribution in [1.82, 2.24) is 15.5 Å². The number of benzene rings is 1. The number of hydrogen-bond donors (Lipinski definition) is 2. The molecule has 122 valence electrons. The van der Waals surface area contributed by atoms with Gasteiger partial charge in [-0.2, -0.15) is 13.2 Å². The van der Waals surface area contributed by atoms with Crippen LogP contribution < -0.4 is 10.6 Å². The first-order valence-electron chi connectivity index (χ1n) is 6.27. The van der Waals surface area contributed by atoms with Gasteiger partial charge in [0.2, 0.25) is 10.1 Å². The van der Waals surface area contributed by atoms with Crippen molar-refractivity contribution in [2.24, 2.45) is 0 Å². The second-order valence-electron chi connectivity index (χ2n) is 4.59. The number of amides is 3. The van der Waals surface area contributed by atoms with Crippen LogP contribution in [0.25, 0.3) is 0 Å². The van der Waals surface area contributed by atoms with E-state index in [9.17, 15) is 22.8 Å². The van der Waals surface area contributed by atoms with Gasteiger partial charge in [-0.05, 0) is 25.0 Å². The molecular weight excluding hydrogens is 333 g/mol. The SMILES string of the molecule is Cc1cccc(C)c1C(=O)NC(=O)Nc1nnc(C(F)(F)F)s1. The maximum Gasteiger partial charge on any atom is 0.445 e. The average molecular weight is 344 g/mol. The van der Waals surface area contributed by atoms with Crippen molar-refractivity contribution in [2.75, 3.05) is 5.32 Å². The Bertz CT molecular complexity index is 738. The van der Waals surface area contributed by atoms with Crippen LogP contribution in [0.1, 0.15) is 26.5 Å². The number of nitrogens with one attached hydrogen (secondary N) is 2. The third kappa shape index (κ3) is 4.03. The fraction of sp³-hybridized carbons (Fsp3) is 0.231. The smallest absolute Gasteiger partial charge is 0.282 e. The van der Waals surface area contributed by atoms with Crippen LogP contribution in [0.2, 0.25) is 0 Å². The predicted molar refractivity (Wildman–Crippen MR) is 77.3 cm³/mol. The molecule has 0 spiro atoms. The molecule has 0 aliphatic carbocycles. The number of urea groups is 1. The molecule has 0 aliphatic rings. The highest BCUT2D eigenvalue weighted by Gasteiger charge is 2.35. The number of anilines is 1. The van der Waals surface area contributed by atoms with E-state index in [0.29, 0.717) is 16.7 Å². The Morgan fingerprint density at radius 3 is 2.26 bits per heavy atom. The second kappa shape index (κ2) is 6.32. The summed E-state index contributed by atoms with van der Waals surface area (Å²) >= 11 is 0.167. The second-order valence-corrected chi connectivity index (χ2v) is 5.56. The molecule has 1 aromatic heterocycles. The van der Waals surface area contributed by atoms with E-state index in [-0.39, 0.29) is 16.5 Å². The molecule has 0 saturated carbocycles. The topological polar surface area (TPSA) is 84.0 Å². The maximum absolute atomic E-state index is 12.4. The number of aryl methyl sites for hydroxylation is 2. The number of nitrogens with zero attached hydrogens (tertiary/aromatic N) is 2. The fourth-order valence-corrected chi connectivity index (χ4v) is 2.46. The molecule has 0 fully saturated rings. The highest BCUT2D eigenvalue weighted by atomic mass is 32.1. The van der Waals surface area contributed by atoms with Crippen molar-refractivity contribution in [1.29, 1.82) is 0 Å². The minimum Gasteiger partial charge on any atom is -0.282 e. The van der Waals surface area contributed by atoms with Crippen molar-refractivity contribution in [3.8, 4) is 0 Å². The Morgan fingerprint density at radius 1 is 1.13 bits per heavy atom. The summed E-state index contributed by atoms with van der Waals surface area (Å²) in [4.78, 5) is 23.8. The van der Waals surface area contributed by atoms with E-state index in [2.05, 4.69) is 10.2 Å². The number of imide groups is 1. The summed E-state index contributed by atoms with van der Waals surface area (Å²) in [5, 5.41) is 8.67. The molecule has 23 heavy (non-hydrogen) atoms. The van der Waals surface area contributed by atoms with Gasteiger partial charge < -0.3 is 0 Å². The zero-order valence-corrected chi connectivity index (χ0v) is 12.8. The Balaban J connectivity index is 2.05. The lowest BCUT2D eigenvalue weighted by atomic mass is 10.0. The first-order chi connectivity index (χ1) is 10.7. The Hall–Kier alpha value is -2.49. The minimum atomic E-state index is -4.64. The van der Waals surface area contributed by atoms with Gasteiger partial charge in [-0.15, -0.1) is 10.2 Å². The molecule has 1 aromatic carbocycles. The van der Waals surface area contributed by atoms with Crippen LogP contribution in [0.3, 0.4) is 0 Å². The Kier molecular flexibility index (Phi) is 4.64. The molecule has 0 bridgehead atoms. The van der Waals surface area contributed by atoms with E-state index < -0.39 is 23.1 Å². The number of aromatic nitrogens is 2. The van der Waals surface area contributed by atoms with Crippen molar-refractivity contribution >= 4 is 28.4 Å². The molecular formula is C13H11F3N4O2S. The van der Waals surface area contributed by atoms with Crippen LogP contribution in [0.5, 0.6) is 0 Å². The number of hydrogen-bond acceptors (Lipinski definition) is 5. The van der Waals surface area contributed by atoms with Gasteiger partial charge in [0.25, 0.3) is 5.91 Å². The van der Waals surface area contributed by atoms with Gasteiger partial charge in [-0.1, -0.05) is 29.5 Å². The molecule has 0 atom stereocenters. The van der Waals surface area contributed by atoms with Gasteiger partial charge in [0.1, 0.15) is 0 Å². The lowest BCUT2D eigenvalue weighted by Gasteiger charge is -2.09. The van der Waals surface area contributed by atoms with Crippen LogP contribution in [0.4, 0.5) is 23.1 Å². The predicted octanol–water partition coefficient (Wildman–Crippen LogP) is 3.14. The van der Waals surface area contributed by atoms with Crippen LogP contribution in [0, 0.1) is 13.8 Å². The number of carbonyl (C=O) groups is 2. The van der Waals surface area contributed by atoms with Crippen molar-refractivity contribution in [3.63, 3.8) is 0 Å². The van der Waals surface area contributed by atoms with Gasteiger partial charge in [-0.25, -0.2) is 4.79 Å². The number of rotatable bonds is 2. The van der Waals surface area contributed by atoms with Gasteiger partial charge >= 0.3 is 12.2 Å². The number of carbonyl (C=O) groups excluding carboxylic acids is 2. The van der Waals surface area contributed by atoms with Crippen molar-refractivity contribution < 1.29 is 22.8 Å². The zero-order valence-electron chi connectivity index (χ0n) is 12.0. The van der Waals surface area contributed by atoms with Crippen LogP contribution in [-0.2, 0) is 6.18 Å². The molecule has 2 rings (SSSR count). The quantitative estimate of drug-likeness (QED) is 0.877. The average Bonchev–Trinajstić information content (AvgIpc) is 2.86. The van der Waals surface area contributed by atoms with E-state index in [1.54, 1.807) is 32.0 Å². The molecule has 10 heteroatoms. The van der Waals surface area contributed by atoms with Crippen molar-refractivity contribution in [2.45, 2.75) is 20.0 Å². The molecule has 2 N–H and O–H groups in total. The van der Waals surface area contributed by atoms with E-state index in [0.717, 1.165) is 0 Å². The first kappa shape index (κ1) is 16.9. The molecule has 2 aromatic rings. The van der Waals surface area contributed by atoms with Crippen LogP contribution in [-0.4, -0.2) is 22.1 Å². The molecule has 6 nitrogen and oxygen atoms in total. The Labute approximate surface area is 132 Å². The molecule has 0 aliphatic heterocycles. The summed E-state index contributed by atoms with van der Waals surface area (Å²) in [6, 6.07) is 4.20. The summed E-state index contributed by atoms with van der Waals surface area (Å²) in [5.74, 6) is -0.654. The third-order valence-corrected chi connectivity index (χ3v) is 3.71. The first-order valence-corrected chi connectivity index (χ1v) is 7.09. The minimum absolute atomic E-state index is 0.167. The van der Waals surface area contributed by atoms with E-state index in [4.69, 9.17) is 0 Å². The lowest BCUT2D eigenvalue weighted by molar-refractivity contribution is -0.138. The number of halogens is 3. The summed E-state index contributed by atoms with van der Waals surface area (Å²) < 4.78 is 37.2. The maximum atomic E-state index is 12.4. The zero-order chi connectivity index (χ0) is 17.2. The van der Waals surface area contributed by atoms with Gasteiger partial charge in [-0.3, -0.25) is 15.4 Å². The lowest BCUT2D eigenvalue weighted by Crippen LogP contribution is -2.35.